The second kappa shape index (κ2) is 5.52. The van der Waals surface area contributed by atoms with Crippen LogP contribution in [0.1, 0.15) is 21.5 Å². The Morgan fingerprint density at radius 1 is 1.05 bits per heavy atom. The van der Waals surface area contributed by atoms with Crippen molar-refractivity contribution in [3.8, 4) is 5.75 Å². The zero-order chi connectivity index (χ0) is 14.7. The highest BCUT2D eigenvalue weighted by molar-refractivity contribution is 5.91. The van der Waals surface area contributed by atoms with Crippen molar-refractivity contribution in [2.45, 2.75) is 13.8 Å². The van der Waals surface area contributed by atoms with Gasteiger partial charge >= 0.3 is 5.97 Å². The lowest BCUT2D eigenvalue weighted by molar-refractivity contribution is -0.384. The molecular formula is C15H13NO4. The summed E-state index contributed by atoms with van der Waals surface area (Å²) in [6.45, 7) is 3.87. The Morgan fingerprint density at radius 3 is 2.25 bits per heavy atom. The quantitative estimate of drug-likeness (QED) is 0.371. The largest absolute Gasteiger partial charge is 0.423 e. The molecule has 0 bridgehead atoms. The normalized spacial score (nSPS) is 10.1. The minimum absolute atomic E-state index is 0.0454. The van der Waals surface area contributed by atoms with Crippen molar-refractivity contribution in [2.24, 2.45) is 0 Å². The van der Waals surface area contributed by atoms with Crippen LogP contribution in [0.5, 0.6) is 5.75 Å². The van der Waals surface area contributed by atoms with Crippen molar-refractivity contribution in [1.82, 2.24) is 0 Å². The predicted molar refractivity (Wildman–Crippen MR) is 74.0 cm³/mol. The minimum atomic E-state index is -0.505. The van der Waals surface area contributed by atoms with Gasteiger partial charge in [0.15, 0.2) is 0 Å². The van der Waals surface area contributed by atoms with E-state index < -0.39 is 10.9 Å². The first kappa shape index (κ1) is 13.7. The van der Waals surface area contributed by atoms with Gasteiger partial charge in [0.05, 0.1) is 10.5 Å². The maximum Gasteiger partial charge on any atom is 0.343 e. The lowest BCUT2D eigenvalue weighted by Gasteiger charge is -2.06. The average Bonchev–Trinajstić information content (AvgIpc) is 2.42. The summed E-state index contributed by atoms with van der Waals surface area (Å²) in [4.78, 5) is 22.0. The summed E-state index contributed by atoms with van der Waals surface area (Å²) in [5, 5.41) is 10.5. The molecule has 0 amide bonds. The van der Waals surface area contributed by atoms with Gasteiger partial charge in [-0.2, -0.15) is 0 Å². The SMILES string of the molecule is Cc1ccc(C(=O)Oc2ccc([N+](=O)[O-])cc2)cc1C. The first-order valence-electron chi connectivity index (χ1n) is 6.01. The van der Waals surface area contributed by atoms with E-state index in [9.17, 15) is 14.9 Å². The molecule has 0 fully saturated rings. The molecular weight excluding hydrogens is 258 g/mol. The molecule has 0 spiro atoms. The second-order valence-electron chi connectivity index (χ2n) is 4.44. The highest BCUT2D eigenvalue weighted by Gasteiger charge is 2.11. The Balaban J connectivity index is 2.14. The van der Waals surface area contributed by atoms with Gasteiger partial charge in [-0.1, -0.05) is 6.07 Å². The van der Waals surface area contributed by atoms with Gasteiger partial charge in [0.1, 0.15) is 5.75 Å². The lowest BCUT2D eigenvalue weighted by atomic mass is 10.1. The van der Waals surface area contributed by atoms with Gasteiger partial charge in [-0.15, -0.1) is 0 Å². The van der Waals surface area contributed by atoms with E-state index in [1.165, 1.54) is 24.3 Å². The Morgan fingerprint density at radius 2 is 1.70 bits per heavy atom. The molecule has 2 aromatic carbocycles. The summed E-state index contributed by atoms with van der Waals surface area (Å²) >= 11 is 0. The van der Waals surface area contributed by atoms with E-state index in [-0.39, 0.29) is 11.4 Å². The van der Waals surface area contributed by atoms with Crippen molar-refractivity contribution in [3.05, 3.63) is 69.3 Å². The molecule has 0 heterocycles. The molecule has 2 rings (SSSR count). The van der Waals surface area contributed by atoms with Crippen LogP contribution >= 0.6 is 0 Å². The Labute approximate surface area is 116 Å². The van der Waals surface area contributed by atoms with Crippen molar-refractivity contribution in [3.63, 3.8) is 0 Å². The van der Waals surface area contributed by atoms with Crippen molar-refractivity contribution in [1.29, 1.82) is 0 Å². The van der Waals surface area contributed by atoms with Crippen molar-refractivity contribution < 1.29 is 14.5 Å². The first-order valence-corrected chi connectivity index (χ1v) is 6.01. The third-order valence-corrected chi connectivity index (χ3v) is 3.00. The number of aryl methyl sites for hydroxylation is 2. The van der Waals surface area contributed by atoms with Crippen LogP contribution in [0, 0.1) is 24.0 Å². The van der Waals surface area contributed by atoms with E-state index in [1.807, 2.05) is 19.9 Å². The van der Waals surface area contributed by atoms with Crippen LogP contribution in [-0.4, -0.2) is 10.9 Å². The third-order valence-electron chi connectivity index (χ3n) is 3.00. The molecule has 0 aliphatic rings. The number of carbonyl (C=O) groups is 1. The molecule has 0 unspecified atom stereocenters. The molecule has 5 heteroatoms. The van der Waals surface area contributed by atoms with Gasteiger partial charge in [-0.25, -0.2) is 4.79 Å². The van der Waals surface area contributed by atoms with E-state index in [4.69, 9.17) is 4.74 Å². The highest BCUT2D eigenvalue weighted by atomic mass is 16.6. The van der Waals surface area contributed by atoms with Crippen LogP contribution in [0.15, 0.2) is 42.5 Å². The number of benzene rings is 2. The summed E-state index contributed by atoms with van der Waals surface area (Å²) in [6, 6.07) is 10.7. The molecule has 102 valence electrons. The summed E-state index contributed by atoms with van der Waals surface area (Å²) in [5.74, 6) is -0.208. The van der Waals surface area contributed by atoms with Crippen molar-refractivity contribution in [2.75, 3.05) is 0 Å². The fraction of sp³-hybridized carbons (Fsp3) is 0.133. The Kier molecular flexibility index (Phi) is 3.79. The zero-order valence-corrected chi connectivity index (χ0v) is 11.1. The number of ether oxygens (including phenoxy) is 1. The number of non-ortho nitro benzene ring substituents is 1. The number of nitro groups is 1. The molecule has 0 radical (unpaired) electrons. The van der Waals surface area contributed by atoms with E-state index in [0.29, 0.717) is 5.56 Å². The van der Waals surface area contributed by atoms with Gasteiger partial charge in [0, 0.05) is 12.1 Å². The molecule has 0 atom stereocenters. The van der Waals surface area contributed by atoms with E-state index in [2.05, 4.69) is 0 Å². The van der Waals surface area contributed by atoms with E-state index in [1.54, 1.807) is 12.1 Å². The number of hydrogen-bond donors (Lipinski definition) is 0. The summed E-state index contributed by atoms with van der Waals surface area (Å²) in [5.41, 5.74) is 2.50. The minimum Gasteiger partial charge on any atom is -0.423 e. The highest BCUT2D eigenvalue weighted by Crippen LogP contribution is 2.19. The molecule has 20 heavy (non-hydrogen) atoms. The smallest absolute Gasteiger partial charge is 0.343 e. The predicted octanol–water partition coefficient (Wildman–Crippen LogP) is 3.43. The Hall–Kier alpha value is -2.69. The van der Waals surface area contributed by atoms with Crippen LogP contribution < -0.4 is 4.74 Å². The van der Waals surface area contributed by atoms with Crippen LogP contribution in [0.2, 0.25) is 0 Å². The monoisotopic (exact) mass is 271 g/mol. The lowest BCUT2D eigenvalue weighted by Crippen LogP contribution is -2.08. The number of nitro benzene ring substituents is 1. The van der Waals surface area contributed by atoms with Gasteiger partial charge in [0.25, 0.3) is 5.69 Å². The summed E-state index contributed by atoms with van der Waals surface area (Å²) < 4.78 is 5.17. The topological polar surface area (TPSA) is 69.4 Å². The molecule has 0 saturated carbocycles. The number of carbonyl (C=O) groups excluding carboxylic acids is 1. The Bertz CT molecular complexity index is 662. The van der Waals surface area contributed by atoms with Gasteiger partial charge in [-0.3, -0.25) is 10.1 Å². The molecule has 2 aromatic rings. The average molecular weight is 271 g/mol. The van der Waals surface area contributed by atoms with Crippen LogP contribution in [0.25, 0.3) is 0 Å². The van der Waals surface area contributed by atoms with E-state index in [0.717, 1.165) is 11.1 Å². The standard InChI is InChI=1S/C15H13NO4/c1-10-3-4-12(9-11(10)2)15(17)20-14-7-5-13(6-8-14)16(18)19/h3-9H,1-2H3. The molecule has 0 aromatic heterocycles. The van der Waals surface area contributed by atoms with Gasteiger partial charge in [0.2, 0.25) is 0 Å². The molecule has 0 aliphatic carbocycles. The van der Waals surface area contributed by atoms with Gasteiger partial charge < -0.3 is 4.74 Å². The van der Waals surface area contributed by atoms with E-state index >= 15 is 0 Å². The summed E-state index contributed by atoms with van der Waals surface area (Å²) in [6.07, 6.45) is 0. The van der Waals surface area contributed by atoms with Crippen LogP contribution in [-0.2, 0) is 0 Å². The summed E-state index contributed by atoms with van der Waals surface area (Å²) in [7, 11) is 0. The second-order valence-corrected chi connectivity index (χ2v) is 4.44. The van der Waals surface area contributed by atoms with Gasteiger partial charge in [-0.05, 0) is 49.2 Å². The number of nitrogens with zero attached hydrogens (tertiary/aromatic N) is 1. The maximum absolute atomic E-state index is 11.9. The van der Waals surface area contributed by atoms with Crippen LogP contribution in [0.4, 0.5) is 5.69 Å². The first-order chi connectivity index (χ1) is 9.47. The zero-order valence-electron chi connectivity index (χ0n) is 11.1. The number of esters is 1. The number of hydrogen-bond acceptors (Lipinski definition) is 4. The molecule has 0 saturated heterocycles. The van der Waals surface area contributed by atoms with Crippen molar-refractivity contribution >= 4 is 11.7 Å². The molecule has 0 N–H and O–H groups in total. The third kappa shape index (κ3) is 3.00. The fourth-order valence-electron chi connectivity index (χ4n) is 1.67. The molecule has 0 aliphatic heterocycles. The number of rotatable bonds is 3. The molecule has 5 nitrogen and oxygen atoms in total. The van der Waals surface area contributed by atoms with Crippen LogP contribution in [0.3, 0.4) is 0 Å². The fourth-order valence-corrected chi connectivity index (χ4v) is 1.67. The maximum atomic E-state index is 11.9.